The first-order valence-corrected chi connectivity index (χ1v) is 8.83. The van der Waals surface area contributed by atoms with Gasteiger partial charge in [-0.25, -0.2) is 20.0 Å². The maximum Gasteiger partial charge on any atom is 0.573 e. The summed E-state index contributed by atoms with van der Waals surface area (Å²) in [7, 11) is 0. The fourth-order valence-electron chi connectivity index (χ4n) is 3.57. The molecule has 3 aliphatic rings. The average Bonchev–Trinajstić information content (AvgIpc) is 3.16. The van der Waals surface area contributed by atoms with Crippen molar-refractivity contribution >= 4 is 11.7 Å². The molecule has 0 radical (unpaired) electrons. The van der Waals surface area contributed by atoms with Crippen molar-refractivity contribution in [3.63, 3.8) is 0 Å². The minimum absolute atomic E-state index is 0.0564. The number of hydrazine groups is 1. The van der Waals surface area contributed by atoms with E-state index in [1.165, 1.54) is 0 Å². The summed E-state index contributed by atoms with van der Waals surface area (Å²) in [6.07, 6.45) is -4.25. The highest BCUT2D eigenvalue weighted by molar-refractivity contribution is 5.98. The second kappa shape index (κ2) is 7.35. The summed E-state index contributed by atoms with van der Waals surface area (Å²) in [6.45, 7) is 2.64. The molecule has 4 rings (SSSR count). The van der Waals surface area contributed by atoms with Crippen LogP contribution < -0.4 is 26.2 Å². The van der Waals surface area contributed by atoms with Crippen molar-refractivity contribution in [2.45, 2.75) is 37.6 Å². The van der Waals surface area contributed by atoms with E-state index < -0.39 is 30.1 Å². The van der Waals surface area contributed by atoms with Crippen LogP contribution in [0.15, 0.2) is 12.1 Å². The first kappa shape index (κ1) is 19.2. The average molecular weight is 405 g/mol. The molecule has 3 aliphatic heterocycles. The molecule has 2 fully saturated rings. The van der Waals surface area contributed by atoms with E-state index in [-0.39, 0.29) is 23.5 Å². The molecule has 0 bridgehead atoms. The predicted octanol–water partition coefficient (Wildman–Crippen LogP) is 1.08. The number of anilines is 1. The third kappa shape index (κ3) is 3.99. The highest BCUT2D eigenvalue weighted by Gasteiger charge is 2.38. The lowest BCUT2D eigenvalue weighted by atomic mass is 10.0. The van der Waals surface area contributed by atoms with E-state index in [9.17, 15) is 22.4 Å². The van der Waals surface area contributed by atoms with Crippen molar-refractivity contribution in [3.8, 4) is 5.75 Å². The maximum atomic E-state index is 14.0. The number of hydrogen-bond acceptors (Lipinski definition) is 8. The Balaban J connectivity index is 1.43. The lowest BCUT2D eigenvalue weighted by molar-refractivity contribution is -0.275. The SMILES string of the molecule is O=C1OC(C2CCC(N3CCNC3)NN2)Nc2cc(F)c(OC(F)(F)F)cc21. The predicted molar refractivity (Wildman–Crippen MR) is 88.6 cm³/mol. The van der Waals surface area contributed by atoms with Crippen molar-refractivity contribution in [3.05, 3.63) is 23.5 Å². The van der Waals surface area contributed by atoms with E-state index in [4.69, 9.17) is 4.74 Å². The topological polar surface area (TPSA) is 86.9 Å². The molecular formula is C16H19F4N5O3. The van der Waals surface area contributed by atoms with Crippen LogP contribution in [0.3, 0.4) is 0 Å². The number of fused-ring (bicyclic) bond motifs is 1. The van der Waals surface area contributed by atoms with E-state index in [0.717, 1.165) is 32.2 Å². The molecule has 28 heavy (non-hydrogen) atoms. The largest absolute Gasteiger partial charge is 0.573 e. The molecular weight excluding hydrogens is 386 g/mol. The zero-order valence-corrected chi connectivity index (χ0v) is 14.6. The summed E-state index contributed by atoms with van der Waals surface area (Å²) < 4.78 is 59.9. The number of carbonyl (C=O) groups is 1. The number of hydrogen-bond donors (Lipinski definition) is 4. The Morgan fingerprint density at radius 1 is 1.21 bits per heavy atom. The summed E-state index contributed by atoms with van der Waals surface area (Å²) in [5.41, 5.74) is 6.11. The number of alkyl halides is 3. The van der Waals surface area contributed by atoms with Crippen molar-refractivity contribution in [2.75, 3.05) is 25.1 Å². The van der Waals surface area contributed by atoms with Gasteiger partial charge in [-0.3, -0.25) is 4.90 Å². The quantitative estimate of drug-likeness (QED) is 0.439. The van der Waals surface area contributed by atoms with Crippen LogP contribution in [0.5, 0.6) is 5.75 Å². The van der Waals surface area contributed by atoms with Crippen LogP contribution in [0, 0.1) is 5.82 Å². The van der Waals surface area contributed by atoms with Crippen LogP contribution in [0.2, 0.25) is 0 Å². The molecule has 0 spiro atoms. The second-order valence-electron chi connectivity index (χ2n) is 6.81. The van der Waals surface area contributed by atoms with Gasteiger partial charge in [0.2, 0.25) is 0 Å². The zero-order valence-electron chi connectivity index (χ0n) is 14.6. The normalized spacial score (nSPS) is 28.4. The third-order valence-corrected chi connectivity index (χ3v) is 4.93. The van der Waals surface area contributed by atoms with Crippen molar-refractivity contribution in [2.24, 2.45) is 0 Å². The standard InChI is InChI=1S/C16H19F4N5O3/c17-9-6-11-8(5-12(9)28-16(18,19)20)15(26)27-14(22-11)10-1-2-13(24-23-10)25-4-3-21-7-25/h5-6,10,13-14,21-24H,1-4,7H2. The highest BCUT2D eigenvalue weighted by atomic mass is 19.4. The van der Waals surface area contributed by atoms with Gasteiger partial charge in [-0.05, 0) is 12.8 Å². The number of carbonyl (C=O) groups excluding carboxylic acids is 1. The number of esters is 1. The summed E-state index contributed by atoms with van der Waals surface area (Å²) in [4.78, 5) is 14.5. The molecule has 3 heterocycles. The lowest BCUT2D eigenvalue weighted by Crippen LogP contribution is -2.62. The van der Waals surface area contributed by atoms with Gasteiger partial charge in [-0.1, -0.05) is 0 Å². The molecule has 2 saturated heterocycles. The number of rotatable bonds is 3. The van der Waals surface area contributed by atoms with Gasteiger partial charge < -0.3 is 20.1 Å². The highest BCUT2D eigenvalue weighted by Crippen LogP contribution is 2.34. The van der Waals surface area contributed by atoms with Crippen molar-refractivity contribution < 1.29 is 31.8 Å². The number of cyclic esters (lactones) is 1. The first-order valence-electron chi connectivity index (χ1n) is 8.83. The molecule has 1 aromatic carbocycles. The first-order chi connectivity index (χ1) is 13.3. The second-order valence-corrected chi connectivity index (χ2v) is 6.81. The molecule has 8 nitrogen and oxygen atoms in total. The molecule has 4 N–H and O–H groups in total. The minimum Gasteiger partial charge on any atom is -0.436 e. The molecule has 0 aromatic heterocycles. The van der Waals surface area contributed by atoms with Crippen LogP contribution in [0.1, 0.15) is 23.2 Å². The van der Waals surface area contributed by atoms with Gasteiger partial charge in [0, 0.05) is 31.9 Å². The molecule has 1 aromatic rings. The molecule has 3 unspecified atom stereocenters. The molecule has 3 atom stereocenters. The van der Waals surface area contributed by atoms with Crippen LogP contribution in [-0.2, 0) is 4.74 Å². The summed E-state index contributed by atoms with van der Waals surface area (Å²) in [6, 6.07) is 1.20. The van der Waals surface area contributed by atoms with E-state index >= 15 is 0 Å². The maximum absolute atomic E-state index is 14.0. The number of benzene rings is 1. The van der Waals surface area contributed by atoms with Gasteiger partial charge in [0.1, 0.15) is 0 Å². The lowest BCUT2D eigenvalue weighted by Gasteiger charge is -2.40. The Morgan fingerprint density at radius 2 is 2.04 bits per heavy atom. The van der Waals surface area contributed by atoms with Crippen molar-refractivity contribution in [1.82, 2.24) is 21.1 Å². The van der Waals surface area contributed by atoms with Gasteiger partial charge in [0.25, 0.3) is 0 Å². The number of nitrogens with one attached hydrogen (secondary N) is 4. The smallest absolute Gasteiger partial charge is 0.436 e. The van der Waals surface area contributed by atoms with Gasteiger partial charge in [0.15, 0.2) is 17.8 Å². The molecule has 154 valence electrons. The molecule has 0 amide bonds. The van der Waals surface area contributed by atoms with Crippen LogP contribution in [-0.4, -0.2) is 55.4 Å². The van der Waals surface area contributed by atoms with Gasteiger partial charge >= 0.3 is 12.3 Å². The van der Waals surface area contributed by atoms with Crippen molar-refractivity contribution in [1.29, 1.82) is 0 Å². The summed E-state index contributed by atoms with van der Waals surface area (Å²) in [5, 5.41) is 6.11. The van der Waals surface area contributed by atoms with Crippen LogP contribution in [0.4, 0.5) is 23.2 Å². The summed E-state index contributed by atoms with van der Waals surface area (Å²) in [5.74, 6) is -3.16. The van der Waals surface area contributed by atoms with Crippen LogP contribution >= 0.6 is 0 Å². The van der Waals surface area contributed by atoms with Gasteiger partial charge in [-0.15, -0.1) is 13.2 Å². The Morgan fingerprint density at radius 3 is 2.68 bits per heavy atom. The third-order valence-electron chi connectivity index (χ3n) is 4.93. The van der Waals surface area contributed by atoms with E-state index in [2.05, 4.69) is 31.1 Å². The molecule has 12 heteroatoms. The molecule has 0 aliphatic carbocycles. The van der Waals surface area contributed by atoms with Crippen LogP contribution in [0.25, 0.3) is 0 Å². The monoisotopic (exact) mass is 405 g/mol. The fraction of sp³-hybridized carbons (Fsp3) is 0.562. The van der Waals surface area contributed by atoms with Gasteiger partial charge in [-0.2, -0.15) is 0 Å². The fourth-order valence-corrected chi connectivity index (χ4v) is 3.57. The number of nitrogens with zero attached hydrogens (tertiary/aromatic N) is 1. The zero-order chi connectivity index (χ0) is 19.9. The van der Waals surface area contributed by atoms with E-state index in [1.807, 2.05) is 0 Å². The van der Waals surface area contributed by atoms with E-state index in [1.54, 1.807) is 0 Å². The molecule has 0 saturated carbocycles. The Hall–Kier alpha value is -2.15. The minimum atomic E-state index is -5.07. The van der Waals surface area contributed by atoms with E-state index in [0.29, 0.717) is 12.5 Å². The Labute approximate surface area is 157 Å². The Kier molecular flexibility index (Phi) is 5.04. The summed E-state index contributed by atoms with van der Waals surface area (Å²) >= 11 is 0. The number of ether oxygens (including phenoxy) is 2. The number of halogens is 4. The Bertz CT molecular complexity index is 749. The van der Waals surface area contributed by atoms with Gasteiger partial charge in [0.05, 0.1) is 23.5 Å².